The normalized spacial score (nSPS) is 11.8. The topological polar surface area (TPSA) is 78.9 Å². The van der Waals surface area contributed by atoms with Crippen LogP contribution < -0.4 is 5.73 Å². The number of oxime groups is 1. The van der Waals surface area contributed by atoms with Gasteiger partial charge in [-0.3, -0.25) is 4.79 Å². The van der Waals surface area contributed by atoms with Crippen LogP contribution in [0.2, 0.25) is 0 Å². The maximum Gasteiger partial charge on any atom is 0.255 e. The van der Waals surface area contributed by atoms with E-state index in [1.54, 1.807) is 11.0 Å². The van der Waals surface area contributed by atoms with E-state index in [0.29, 0.717) is 13.1 Å². The van der Waals surface area contributed by atoms with E-state index >= 15 is 0 Å². The number of hydrogen-bond donors (Lipinski definition) is 2. The van der Waals surface area contributed by atoms with Gasteiger partial charge in [-0.1, -0.05) is 25.1 Å². The van der Waals surface area contributed by atoms with Gasteiger partial charge in [-0.25, -0.2) is 4.39 Å². The lowest BCUT2D eigenvalue weighted by Crippen LogP contribution is -2.37. The lowest BCUT2D eigenvalue weighted by Gasteiger charge is -2.25. The first-order valence-corrected chi connectivity index (χ1v) is 7.35. The van der Waals surface area contributed by atoms with Gasteiger partial charge in [-0.15, -0.1) is 0 Å². The SMILES string of the molecule is CC(C)CN(CC/C(N)=N/O)C(=O)c1cccc(F)c1Br. The van der Waals surface area contributed by atoms with Gasteiger partial charge in [0, 0.05) is 19.5 Å². The van der Waals surface area contributed by atoms with E-state index in [1.165, 1.54) is 12.1 Å². The fourth-order valence-corrected chi connectivity index (χ4v) is 2.29. The first-order valence-electron chi connectivity index (χ1n) is 6.56. The van der Waals surface area contributed by atoms with Crippen molar-refractivity contribution < 1.29 is 14.4 Å². The van der Waals surface area contributed by atoms with Crippen LogP contribution in [0.4, 0.5) is 4.39 Å². The van der Waals surface area contributed by atoms with Gasteiger partial charge in [-0.2, -0.15) is 0 Å². The van der Waals surface area contributed by atoms with E-state index in [0.717, 1.165) is 0 Å². The maximum atomic E-state index is 13.5. The molecule has 0 radical (unpaired) electrons. The Labute approximate surface area is 131 Å². The Morgan fingerprint density at radius 1 is 1.52 bits per heavy atom. The summed E-state index contributed by atoms with van der Waals surface area (Å²) in [5.41, 5.74) is 5.70. The van der Waals surface area contributed by atoms with Crippen LogP contribution >= 0.6 is 15.9 Å². The molecule has 21 heavy (non-hydrogen) atoms. The van der Waals surface area contributed by atoms with Gasteiger partial charge in [0.15, 0.2) is 0 Å². The molecule has 0 spiro atoms. The Hall–Kier alpha value is -1.63. The molecule has 0 unspecified atom stereocenters. The summed E-state index contributed by atoms with van der Waals surface area (Å²) in [5, 5.41) is 11.5. The summed E-state index contributed by atoms with van der Waals surface area (Å²) in [6.45, 7) is 4.76. The molecule has 0 atom stereocenters. The van der Waals surface area contributed by atoms with Crippen LogP contribution in [-0.2, 0) is 0 Å². The van der Waals surface area contributed by atoms with Crippen LogP contribution in [0.5, 0.6) is 0 Å². The van der Waals surface area contributed by atoms with Crippen molar-refractivity contribution in [3.63, 3.8) is 0 Å². The molecule has 0 heterocycles. The monoisotopic (exact) mass is 359 g/mol. The van der Waals surface area contributed by atoms with Crippen molar-refractivity contribution in [3.05, 3.63) is 34.1 Å². The molecule has 5 nitrogen and oxygen atoms in total. The Balaban J connectivity index is 2.96. The van der Waals surface area contributed by atoms with Gasteiger partial charge in [-0.05, 0) is 34.0 Å². The quantitative estimate of drug-likeness (QED) is 0.354. The summed E-state index contributed by atoms with van der Waals surface area (Å²) >= 11 is 3.10. The predicted molar refractivity (Wildman–Crippen MR) is 82.9 cm³/mol. The zero-order chi connectivity index (χ0) is 16.0. The van der Waals surface area contributed by atoms with E-state index in [4.69, 9.17) is 10.9 Å². The average molecular weight is 360 g/mol. The standard InChI is InChI=1S/C14H19BrFN3O2/c1-9(2)8-19(7-6-12(17)18-21)14(20)10-4-3-5-11(16)13(10)15/h3-5,9,21H,6-8H2,1-2H3,(H2,17,18). The third kappa shape index (κ3) is 5.00. The summed E-state index contributed by atoms with van der Waals surface area (Å²) in [7, 11) is 0. The van der Waals surface area contributed by atoms with Gasteiger partial charge in [0.05, 0.1) is 10.0 Å². The second-order valence-corrected chi connectivity index (χ2v) is 5.88. The van der Waals surface area contributed by atoms with Crippen molar-refractivity contribution >= 4 is 27.7 Å². The third-order valence-corrected chi connectivity index (χ3v) is 3.63. The molecule has 0 saturated heterocycles. The fraction of sp³-hybridized carbons (Fsp3) is 0.429. The largest absolute Gasteiger partial charge is 0.409 e. The summed E-state index contributed by atoms with van der Waals surface area (Å²) in [6, 6.07) is 4.33. The van der Waals surface area contributed by atoms with E-state index in [-0.39, 0.29) is 34.1 Å². The summed E-state index contributed by atoms with van der Waals surface area (Å²) in [5.74, 6) is -0.481. The molecular formula is C14H19BrFN3O2. The molecule has 0 saturated carbocycles. The first kappa shape index (κ1) is 17.4. The summed E-state index contributed by atoms with van der Waals surface area (Å²) < 4.78 is 13.7. The molecule has 3 N–H and O–H groups in total. The number of carbonyl (C=O) groups is 1. The van der Waals surface area contributed by atoms with Crippen molar-refractivity contribution in [1.29, 1.82) is 0 Å². The fourth-order valence-electron chi connectivity index (χ4n) is 1.86. The van der Waals surface area contributed by atoms with Crippen LogP contribution in [0.1, 0.15) is 30.6 Å². The molecule has 0 aliphatic rings. The number of rotatable bonds is 6. The summed E-state index contributed by atoms with van der Waals surface area (Å²) in [4.78, 5) is 14.1. The molecule has 1 amide bonds. The minimum Gasteiger partial charge on any atom is -0.409 e. The molecule has 1 rings (SSSR count). The molecule has 7 heteroatoms. The van der Waals surface area contributed by atoms with Crippen molar-refractivity contribution in [2.75, 3.05) is 13.1 Å². The number of carbonyl (C=O) groups excluding carboxylic acids is 1. The maximum absolute atomic E-state index is 13.5. The lowest BCUT2D eigenvalue weighted by molar-refractivity contribution is 0.0739. The average Bonchev–Trinajstić information content (AvgIpc) is 2.44. The highest BCUT2D eigenvalue weighted by Gasteiger charge is 2.20. The predicted octanol–water partition coefficient (Wildman–Crippen LogP) is 2.82. The number of amidine groups is 1. The third-order valence-electron chi connectivity index (χ3n) is 2.82. The van der Waals surface area contributed by atoms with Crippen molar-refractivity contribution in [1.82, 2.24) is 4.90 Å². The van der Waals surface area contributed by atoms with Gasteiger partial charge in [0.25, 0.3) is 5.91 Å². The highest BCUT2D eigenvalue weighted by Crippen LogP contribution is 2.22. The lowest BCUT2D eigenvalue weighted by atomic mass is 10.1. The van der Waals surface area contributed by atoms with Crippen molar-refractivity contribution in [3.8, 4) is 0 Å². The van der Waals surface area contributed by atoms with Gasteiger partial charge in [0.1, 0.15) is 11.7 Å². The Bertz CT molecular complexity index is 535. The molecule has 0 aromatic heterocycles. The Morgan fingerprint density at radius 2 is 2.19 bits per heavy atom. The highest BCUT2D eigenvalue weighted by molar-refractivity contribution is 9.10. The van der Waals surface area contributed by atoms with E-state index in [2.05, 4.69) is 21.1 Å². The van der Waals surface area contributed by atoms with Gasteiger partial charge in [0.2, 0.25) is 0 Å². The highest BCUT2D eigenvalue weighted by atomic mass is 79.9. The molecule has 1 aromatic rings. The zero-order valence-electron chi connectivity index (χ0n) is 12.0. The minimum absolute atomic E-state index is 0.0508. The minimum atomic E-state index is -0.484. The van der Waals surface area contributed by atoms with Crippen LogP contribution in [0.25, 0.3) is 0 Å². The molecule has 0 aliphatic heterocycles. The van der Waals surface area contributed by atoms with Crippen LogP contribution in [0.3, 0.4) is 0 Å². The second kappa shape index (κ2) is 7.97. The molecule has 0 fully saturated rings. The van der Waals surface area contributed by atoms with Crippen LogP contribution in [-0.4, -0.2) is 34.9 Å². The number of halogens is 2. The Kier molecular flexibility index (Phi) is 6.61. The molecule has 1 aromatic carbocycles. The van der Waals surface area contributed by atoms with Crippen molar-refractivity contribution in [2.24, 2.45) is 16.8 Å². The molecule has 0 aliphatic carbocycles. The van der Waals surface area contributed by atoms with Gasteiger partial charge < -0.3 is 15.8 Å². The molecule has 0 bridgehead atoms. The van der Waals surface area contributed by atoms with E-state index < -0.39 is 5.82 Å². The van der Waals surface area contributed by atoms with Gasteiger partial charge >= 0.3 is 0 Å². The molecule has 116 valence electrons. The van der Waals surface area contributed by atoms with Crippen LogP contribution in [0.15, 0.2) is 27.8 Å². The smallest absolute Gasteiger partial charge is 0.255 e. The Morgan fingerprint density at radius 3 is 2.76 bits per heavy atom. The van der Waals surface area contributed by atoms with E-state index in [1.807, 2.05) is 13.8 Å². The number of benzene rings is 1. The van der Waals surface area contributed by atoms with E-state index in [9.17, 15) is 9.18 Å². The number of amides is 1. The second-order valence-electron chi connectivity index (χ2n) is 5.09. The number of nitrogens with zero attached hydrogens (tertiary/aromatic N) is 2. The zero-order valence-corrected chi connectivity index (χ0v) is 13.6. The number of nitrogens with two attached hydrogens (primary N) is 1. The molecular weight excluding hydrogens is 341 g/mol. The van der Waals surface area contributed by atoms with Crippen molar-refractivity contribution in [2.45, 2.75) is 20.3 Å². The first-order chi connectivity index (χ1) is 9.86. The number of hydrogen-bond acceptors (Lipinski definition) is 3. The summed E-state index contributed by atoms with van der Waals surface area (Å²) in [6.07, 6.45) is 0.252. The van der Waals surface area contributed by atoms with Crippen LogP contribution in [0, 0.1) is 11.7 Å².